The van der Waals surface area contributed by atoms with Gasteiger partial charge in [-0.2, -0.15) is 0 Å². The Morgan fingerprint density at radius 2 is 1.91 bits per heavy atom. The van der Waals surface area contributed by atoms with E-state index in [4.69, 9.17) is 24.3 Å². The van der Waals surface area contributed by atoms with Crippen molar-refractivity contribution < 1.29 is 24.1 Å². The molecule has 1 amide bonds. The zero-order valence-electron chi connectivity index (χ0n) is 20.6. The van der Waals surface area contributed by atoms with E-state index in [1.165, 1.54) is 0 Å². The molecule has 0 bridgehead atoms. The van der Waals surface area contributed by atoms with Gasteiger partial charge in [-0.25, -0.2) is 4.99 Å². The van der Waals surface area contributed by atoms with Crippen molar-refractivity contribution in [3.63, 3.8) is 0 Å². The number of aliphatic imine (C=N–C) groups is 1. The molecule has 3 rings (SSSR count). The third kappa shape index (κ3) is 6.93. The van der Waals surface area contributed by atoms with Crippen LogP contribution in [0.15, 0.2) is 72.2 Å². The van der Waals surface area contributed by atoms with Crippen molar-refractivity contribution in [2.24, 2.45) is 4.99 Å². The van der Waals surface area contributed by atoms with Crippen LogP contribution >= 0.6 is 0 Å². The number of aliphatic hydroxyl groups is 1. The van der Waals surface area contributed by atoms with Gasteiger partial charge in [-0.05, 0) is 50.1 Å². The van der Waals surface area contributed by atoms with E-state index in [-0.39, 0.29) is 18.6 Å². The molecule has 0 aliphatic carbocycles. The Labute approximate surface area is 207 Å². The number of benzene rings is 2. The van der Waals surface area contributed by atoms with Crippen LogP contribution in [0.5, 0.6) is 5.75 Å². The van der Waals surface area contributed by atoms with Gasteiger partial charge in [0.1, 0.15) is 5.75 Å². The van der Waals surface area contributed by atoms with Crippen molar-refractivity contribution in [2.45, 2.75) is 50.9 Å². The van der Waals surface area contributed by atoms with E-state index in [0.29, 0.717) is 50.7 Å². The molecule has 2 N–H and O–H groups in total. The van der Waals surface area contributed by atoms with Crippen LogP contribution in [0.25, 0.3) is 0 Å². The van der Waals surface area contributed by atoms with Gasteiger partial charge in [0.25, 0.3) is 5.91 Å². The van der Waals surface area contributed by atoms with Gasteiger partial charge in [-0.1, -0.05) is 36.4 Å². The first-order valence-electron chi connectivity index (χ1n) is 12.2. The second kappa shape index (κ2) is 13.1. The lowest BCUT2D eigenvalue weighted by Gasteiger charge is -2.29. The first-order chi connectivity index (χ1) is 17.0. The van der Waals surface area contributed by atoms with Gasteiger partial charge in [-0.15, -0.1) is 6.58 Å². The van der Waals surface area contributed by atoms with Crippen LogP contribution in [0.4, 0.5) is 0 Å². The van der Waals surface area contributed by atoms with E-state index < -0.39 is 11.6 Å². The fraction of sp³-hybridized carbons (Fsp3) is 0.429. The summed E-state index contributed by atoms with van der Waals surface area (Å²) in [5, 5.41) is 12.0. The molecule has 0 spiro atoms. The smallest absolute Gasteiger partial charge is 0.252 e. The maximum Gasteiger partial charge on any atom is 0.252 e. The standard InChI is InChI=1S/C28H36N2O5/c1-4-16-28(27(32)29-17-8-19-33-21(2)3)25(22-10-6-5-7-11-22)35-26(30-28)23-12-14-24(15-13-23)34-20-9-18-31/h4-7,10-15,21,25,31H,1,8-9,16-20H2,2-3H3,(H,29,32)/t25-,28-/m1/s1. The summed E-state index contributed by atoms with van der Waals surface area (Å²) < 4.78 is 17.6. The second-order valence-corrected chi connectivity index (χ2v) is 8.72. The van der Waals surface area contributed by atoms with Crippen LogP contribution in [0.2, 0.25) is 0 Å². The number of hydrogen-bond acceptors (Lipinski definition) is 6. The Morgan fingerprint density at radius 3 is 2.57 bits per heavy atom. The fourth-order valence-corrected chi connectivity index (χ4v) is 3.91. The average molecular weight is 481 g/mol. The molecule has 7 heteroatoms. The molecular formula is C28H36N2O5. The predicted octanol–water partition coefficient (Wildman–Crippen LogP) is 4.21. The predicted molar refractivity (Wildman–Crippen MR) is 137 cm³/mol. The van der Waals surface area contributed by atoms with Gasteiger partial charge in [0, 0.05) is 38.2 Å². The molecule has 35 heavy (non-hydrogen) atoms. The molecule has 7 nitrogen and oxygen atoms in total. The summed E-state index contributed by atoms with van der Waals surface area (Å²) in [6.07, 6.45) is 2.88. The minimum absolute atomic E-state index is 0.0851. The summed E-state index contributed by atoms with van der Waals surface area (Å²) >= 11 is 0. The molecule has 0 saturated carbocycles. The van der Waals surface area contributed by atoms with Gasteiger partial charge >= 0.3 is 0 Å². The molecule has 1 aliphatic rings. The first-order valence-corrected chi connectivity index (χ1v) is 12.2. The zero-order valence-corrected chi connectivity index (χ0v) is 20.6. The Balaban J connectivity index is 1.85. The highest BCUT2D eigenvalue weighted by atomic mass is 16.5. The first kappa shape index (κ1) is 26.4. The summed E-state index contributed by atoms with van der Waals surface area (Å²) in [7, 11) is 0. The van der Waals surface area contributed by atoms with Gasteiger partial charge in [0.15, 0.2) is 11.6 Å². The summed E-state index contributed by atoms with van der Waals surface area (Å²) in [5.74, 6) is 0.898. The van der Waals surface area contributed by atoms with E-state index in [1.807, 2.05) is 68.4 Å². The van der Waals surface area contributed by atoms with Crippen LogP contribution in [-0.4, -0.2) is 54.9 Å². The molecule has 0 fully saturated rings. The van der Waals surface area contributed by atoms with E-state index >= 15 is 0 Å². The average Bonchev–Trinajstić information content (AvgIpc) is 3.25. The maximum absolute atomic E-state index is 13.6. The molecule has 1 heterocycles. The van der Waals surface area contributed by atoms with Crippen LogP contribution < -0.4 is 10.1 Å². The number of nitrogens with one attached hydrogen (secondary N) is 1. The number of carbonyl (C=O) groups excluding carboxylic acids is 1. The minimum atomic E-state index is -1.17. The third-order valence-corrected chi connectivity index (χ3v) is 5.65. The van der Waals surface area contributed by atoms with Crippen LogP contribution in [0.3, 0.4) is 0 Å². The van der Waals surface area contributed by atoms with Gasteiger partial charge in [0.2, 0.25) is 5.90 Å². The van der Waals surface area contributed by atoms with Gasteiger partial charge < -0.3 is 24.6 Å². The molecule has 2 aromatic carbocycles. The Hall–Kier alpha value is -3.16. The summed E-state index contributed by atoms with van der Waals surface area (Å²) in [4.78, 5) is 18.5. The quantitative estimate of drug-likeness (QED) is 0.312. The molecule has 0 aromatic heterocycles. The number of amides is 1. The maximum atomic E-state index is 13.6. The Morgan fingerprint density at radius 1 is 1.17 bits per heavy atom. The highest BCUT2D eigenvalue weighted by Crippen LogP contribution is 2.42. The fourth-order valence-electron chi connectivity index (χ4n) is 3.91. The number of rotatable bonds is 14. The molecule has 0 unspecified atom stereocenters. The number of hydrogen-bond donors (Lipinski definition) is 2. The summed E-state index contributed by atoms with van der Waals surface area (Å²) in [5.41, 5.74) is 0.452. The van der Waals surface area contributed by atoms with Crippen molar-refractivity contribution in [2.75, 3.05) is 26.4 Å². The molecule has 0 saturated heterocycles. The Kier molecular flexibility index (Phi) is 9.87. The number of ether oxygens (including phenoxy) is 3. The SMILES string of the molecule is C=CC[C@@]1(C(=O)NCCCOC(C)C)N=C(c2ccc(OCCCO)cc2)O[C@@H]1c1ccccc1. The lowest BCUT2D eigenvalue weighted by molar-refractivity contribution is -0.128. The van der Waals surface area contributed by atoms with Crippen molar-refractivity contribution >= 4 is 11.8 Å². The van der Waals surface area contributed by atoms with Gasteiger partial charge in [0.05, 0.1) is 12.7 Å². The van der Waals surface area contributed by atoms with E-state index in [1.54, 1.807) is 6.08 Å². The summed E-state index contributed by atoms with van der Waals surface area (Å²) in [6.45, 7) is 9.45. The van der Waals surface area contributed by atoms with Crippen molar-refractivity contribution in [1.82, 2.24) is 5.32 Å². The molecule has 0 radical (unpaired) electrons. The van der Waals surface area contributed by atoms with Crippen LogP contribution in [-0.2, 0) is 14.3 Å². The Bertz CT molecular complexity index is 975. The van der Waals surface area contributed by atoms with Crippen molar-refractivity contribution in [3.8, 4) is 5.75 Å². The largest absolute Gasteiger partial charge is 0.494 e. The lowest BCUT2D eigenvalue weighted by Crippen LogP contribution is -2.48. The minimum Gasteiger partial charge on any atom is -0.494 e. The number of carbonyl (C=O) groups is 1. The van der Waals surface area contributed by atoms with Crippen LogP contribution in [0, 0.1) is 0 Å². The highest BCUT2D eigenvalue weighted by molar-refractivity contribution is 6.01. The normalized spacial score (nSPS) is 19.2. The number of nitrogens with zero attached hydrogens (tertiary/aromatic N) is 1. The van der Waals surface area contributed by atoms with Crippen molar-refractivity contribution in [3.05, 3.63) is 78.4 Å². The monoisotopic (exact) mass is 480 g/mol. The van der Waals surface area contributed by atoms with E-state index in [2.05, 4.69) is 11.9 Å². The summed E-state index contributed by atoms with van der Waals surface area (Å²) in [6, 6.07) is 17.1. The van der Waals surface area contributed by atoms with E-state index in [9.17, 15) is 4.79 Å². The van der Waals surface area contributed by atoms with E-state index in [0.717, 1.165) is 11.1 Å². The lowest BCUT2D eigenvalue weighted by atomic mass is 9.84. The molecule has 188 valence electrons. The van der Waals surface area contributed by atoms with Gasteiger partial charge in [-0.3, -0.25) is 4.79 Å². The topological polar surface area (TPSA) is 89.4 Å². The molecule has 2 aromatic rings. The highest BCUT2D eigenvalue weighted by Gasteiger charge is 2.52. The molecular weight excluding hydrogens is 444 g/mol. The molecule has 2 atom stereocenters. The zero-order chi connectivity index (χ0) is 25.1. The van der Waals surface area contributed by atoms with Crippen LogP contribution in [0.1, 0.15) is 50.3 Å². The van der Waals surface area contributed by atoms with Crippen molar-refractivity contribution in [1.29, 1.82) is 0 Å². The second-order valence-electron chi connectivity index (χ2n) is 8.72. The third-order valence-electron chi connectivity index (χ3n) is 5.65. The number of aliphatic hydroxyl groups excluding tert-OH is 1. The molecule has 1 aliphatic heterocycles.